The van der Waals surface area contributed by atoms with Crippen LogP contribution in [0.2, 0.25) is 10.0 Å². The molecule has 226 valence electrons. The second-order valence-electron chi connectivity index (χ2n) is 12.7. The zero-order chi connectivity index (χ0) is 30.5. The van der Waals surface area contributed by atoms with Crippen molar-refractivity contribution >= 4 is 35.1 Å². The van der Waals surface area contributed by atoms with Crippen molar-refractivity contribution in [2.75, 3.05) is 26.2 Å². The molecule has 3 aromatic carbocycles. The summed E-state index contributed by atoms with van der Waals surface area (Å²) in [5.41, 5.74) is 2.71. The molecule has 9 heteroatoms. The smallest absolute Gasteiger partial charge is 0.326 e. The minimum Gasteiger partial charge on any atom is -0.493 e. The summed E-state index contributed by atoms with van der Waals surface area (Å²) in [6.07, 6.45) is 2.46. The summed E-state index contributed by atoms with van der Waals surface area (Å²) in [6.45, 7) is 6.15. The van der Waals surface area contributed by atoms with E-state index in [9.17, 15) is 14.7 Å². The molecule has 3 aromatic rings. The Labute approximate surface area is 261 Å². The predicted molar refractivity (Wildman–Crippen MR) is 165 cm³/mol. The number of benzene rings is 3. The highest BCUT2D eigenvalue weighted by Gasteiger charge is 2.44. The number of carbonyl (C=O) groups is 2. The van der Waals surface area contributed by atoms with Crippen molar-refractivity contribution in [2.45, 2.75) is 51.1 Å². The first-order valence-corrected chi connectivity index (χ1v) is 15.5. The van der Waals surface area contributed by atoms with E-state index in [1.165, 1.54) is 11.0 Å². The zero-order valence-corrected chi connectivity index (χ0v) is 25.7. The van der Waals surface area contributed by atoms with Gasteiger partial charge in [0.05, 0.1) is 18.2 Å². The molecule has 2 aliphatic heterocycles. The molecule has 0 aromatic heterocycles. The van der Waals surface area contributed by atoms with Crippen LogP contribution < -0.4 is 4.74 Å². The average Bonchev–Trinajstić information content (AvgIpc) is 3.71. The molecule has 0 spiro atoms. The lowest BCUT2D eigenvalue weighted by molar-refractivity contribution is -0.142. The van der Waals surface area contributed by atoms with E-state index >= 15 is 4.39 Å². The summed E-state index contributed by atoms with van der Waals surface area (Å²) >= 11 is 12.7. The van der Waals surface area contributed by atoms with Gasteiger partial charge in [0.15, 0.2) is 0 Å². The normalized spacial score (nSPS) is 22.2. The quantitative estimate of drug-likeness (QED) is 0.268. The zero-order valence-electron chi connectivity index (χ0n) is 24.2. The second kappa shape index (κ2) is 11.8. The van der Waals surface area contributed by atoms with E-state index < -0.39 is 23.7 Å². The van der Waals surface area contributed by atoms with Crippen molar-refractivity contribution in [1.29, 1.82) is 0 Å². The van der Waals surface area contributed by atoms with Crippen LogP contribution in [-0.4, -0.2) is 59.1 Å². The van der Waals surface area contributed by atoms with Crippen LogP contribution in [0.4, 0.5) is 4.39 Å². The molecule has 0 radical (unpaired) electrons. The molecule has 1 unspecified atom stereocenters. The van der Waals surface area contributed by atoms with Gasteiger partial charge in [-0.15, -0.1) is 0 Å². The maximum atomic E-state index is 15.5. The number of rotatable bonds is 9. The van der Waals surface area contributed by atoms with Crippen LogP contribution in [0.1, 0.15) is 72.1 Å². The van der Waals surface area contributed by atoms with Crippen molar-refractivity contribution in [1.82, 2.24) is 9.80 Å². The van der Waals surface area contributed by atoms with Gasteiger partial charge in [-0.05, 0) is 72.1 Å². The van der Waals surface area contributed by atoms with E-state index in [2.05, 4.69) is 24.0 Å². The van der Waals surface area contributed by atoms with Gasteiger partial charge in [0.1, 0.15) is 17.6 Å². The molecule has 6 nitrogen and oxygen atoms in total. The van der Waals surface area contributed by atoms with Crippen molar-refractivity contribution in [3.8, 4) is 5.75 Å². The lowest BCUT2D eigenvalue weighted by Gasteiger charge is -2.51. The molecular formula is C34H35Cl2FN2O4. The lowest BCUT2D eigenvalue weighted by atomic mass is 9.79. The Morgan fingerprint density at radius 3 is 2.33 bits per heavy atom. The minimum atomic E-state index is -1.06. The number of amides is 1. The maximum absolute atomic E-state index is 15.5. The lowest BCUT2D eigenvalue weighted by Crippen LogP contribution is -2.58. The highest BCUT2D eigenvalue weighted by atomic mass is 35.5. The van der Waals surface area contributed by atoms with Gasteiger partial charge in [-0.3, -0.25) is 9.69 Å². The Balaban J connectivity index is 1.19. The Hall–Kier alpha value is -3.13. The molecule has 1 aliphatic carbocycles. The number of ether oxygens (including phenoxy) is 1. The first-order chi connectivity index (χ1) is 20.5. The van der Waals surface area contributed by atoms with Crippen LogP contribution in [-0.2, 0) is 4.79 Å². The summed E-state index contributed by atoms with van der Waals surface area (Å²) in [5.74, 6) is -1.84. The molecule has 1 saturated carbocycles. The van der Waals surface area contributed by atoms with Gasteiger partial charge in [0, 0.05) is 41.2 Å². The molecule has 1 amide bonds. The molecular weight excluding hydrogens is 590 g/mol. The fourth-order valence-electron chi connectivity index (χ4n) is 6.72. The molecule has 1 N–H and O–H groups in total. The monoisotopic (exact) mass is 624 g/mol. The Bertz CT molecular complexity index is 1520. The average molecular weight is 626 g/mol. The van der Waals surface area contributed by atoms with E-state index in [1.54, 1.807) is 12.1 Å². The molecule has 2 heterocycles. The van der Waals surface area contributed by atoms with E-state index in [-0.39, 0.29) is 28.9 Å². The van der Waals surface area contributed by atoms with Crippen LogP contribution >= 0.6 is 23.2 Å². The molecule has 3 aliphatic rings. The van der Waals surface area contributed by atoms with Gasteiger partial charge >= 0.3 is 5.97 Å². The Morgan fingerprint density at radius 1 is 1.02 bits per heavy atom. The third kappa shape index (κ3) is 6.13. The number of hydrogen-bond acceptors (Lipinski definition) is 4. The summed E-state index contributed by atoms with van der Waals surface area (Å²) in [6, 6.07) is 17.8. The Kier molecular flexibility index (Phi) is 8.18. The van der Waals surface area contributed by atoms with Crippen LogP contribution in [0.5, 0.6) is 5.75 Å². The minimum absolute atomic E-state index is 0.0295. The van der Waals surface area contributed by atoms with E-state index in [0.717, 1.165) is 42.6 Å². The number of likely N-dealkylation sites (tertiary alicyclic amines) is 2. The van der Waals surface area contributed by atoms with Crippen LogP contribution in [0, 0.1) is 17.2 Å². The molecule has 3 fully saturated rings. The van der Waals surface area contributed by atoms with Gasteiger partial charge in [0.2, 0.25) is 0 Å². The Morgan fingerprint density at radius 2 is 1.70 bits per heavy atom. The third-order valence-electron chi connectivity index (χ3n) is 8.99. The van der Waals surface area contributed by atoms with E-state index in [4.69, 9.17) is 27.9 Å². The number of nitrogens with zero attached hydrogens (tertiary/aromatic N) is 2. The van der Waals surface area contributed by atoms with Crippen LogP contribution in [0.15, 0.2) is 60.7 Å². The largest absolute Gasteiger partial charge is 0.493 e. The maximum Gasteiger partial charge on any atom is 0.326 e. The first kappa shape index (κ1) is 29.9. The highest BCUT2D eigenvalue weighted by molar-refractivity contribution is 6.34. The SMILES string of the molecule is C[C@H]1CCN(C(=O)c2cc(C3CC3)c(OCC3(C)CN(C(c4ccccc4)c4cc(Cl)cc(Cl)c4)C3)cc2F)[C@@H]1C(=O)O. The standard InChI is InChI=1S/C34H35Cl2FN2O4/c1-20-10-11-39(30(20)33(41)42)32(40)27-15-26(21-8-9-21)29(16-28(27)37)43-19-34(2)17-38(18-34)31(22-6-4-3-5-7-22)23-12-24(35)14-25(36)13-23/h3-7,12-16,20-21,30-31H,8-11,17-19H2,1-2H3,(H,41,42)/t20-,30-,31?/m0/s1. The fraction of sp³-hybridized carbons (Fsp3) is 0.412. The first-order valence-electron chi connectivity index (χ1n) is 14.8. The van der Waals surface area contributed by atoms with Gasteiger partial charge in [-0.2, -0.15) is 0 Å². The third-order valence-corrected chi connectivity index (χ3v) is 9.42. The number of carbonyl (C=O) groups excluding carboxylic acids is 1. The summed E-state index contributed by atoms with van der Waals surface area (Å²) < 4.78 is 21.8. The number of carboxylic acid groups (broad SMARTS) is 1. The summed E-state index contributed by atoms with van der Waals surface area (Å²) in [4.78, 5) is 28.8. The number of hydrogen-bond donors (Lipinski definition) is 1. The number of halogens is 3. The van der Waals surface area contributed by atoms with Gasteiger partial charge in [-0.25, -0.2) is 9.18 Å². The van der Waals surface area contributed by atoms with Crippen molar-refractivity contribution < 1.29 is 23.8 Å². The number of carboxylic acids is 1. The van der Waals surface area contributed by atoms with Crippen molar-refractivity contribution in [3.05, 3.63) is 98.8 Å². The van der Waals surface area contributed by atoms with Crippen molar-refractivity contribution in [2.24, 2.45) is 11.3 Å². The fourth-order valence-corrected chi connectivity index (χ4v) is 7.27. The second-order valence-corrected chi connectivity index (χ2v) is 13.6. The van der Waals surface area contributed by atoms with Gasteiger partial charge in [-0.1, -0.05) is 67.4 Å². The van der Waals surface area contributed by atoms with Crippen LogP contribution in [0.25, 0.3) is 0 Å². The predicted octanol–water partition coefficient (Wildman–Crippen LogP) is 7.44. The van der Waals surface area contributed by atoms with E-state index in [1.807, 2.05) is 37.3 Å². The topological polar surface area (TPSA) is 70.1 Å². The molecule has 43 heavy (non-hydrogen) atoms. The summed E-state index contributed by atoms with van der Waals surface area (Å²) in [7, 11) is 0. The molecule has 3 atom stereocenters. The molecule has 6 rings (SSSR count). The van der Waals surface area contributed by atoms with Crippen LogP contribution in [0.3, 0.4) is 0 Å². The molecule has 2 saturated heterocycles. The van der Waals surface area contributed by atoms with Gasteiger partial charge < -0.3 is 14.7 Å². The van der Waals surface area contributed by atoms with E-state index in [0.29, 0.717) is 35.4 Å². The van der Waals surface area contributed by atoms with Crippen molar-refractivity contribution in [3.63, 3.8) is 0 Å². The summed E-state index contributed by atoms with van der Waals surface area (Å²) in [5, 5.41) is 10.8. The van der Waals surface area contributed by atoms with Gasteiger partial charge in [0.25, 0.3) is 5.91 Å². The number of aliphatic carboxylic acids is 1. The highest BCUT2D eigenvalue weighted by Crippen LogP contribution is 2.47. The molecule has 0 bridgehead atoms.